The lowest BCUT2D eigenvalue weighted by Gasteiger charge is -2.09. The van der Waals surface area contributed by atoms with E-state index in [0.717, 1.165) is 21.7 Å². The molecule has 0 bridgehead atoms. The van der Waals surface area contributed by atoms with E-state index >= 15 is 0 Å². The lowest BCUT2D eigenvalue weighted by molar-refractivity contribution is -0.121. The molecule has 0 spiro atoms. The van der Waals surface area contributed by atoms with Gasteiger partial charge in [0.05, 0.1) is 13.0 Å². The number of aliphatic hydroxyl groups excluding tert-OH is 1. The first-order valence-corrected chi connectivity index (χ1v) is 6.98. The molecule has 3 aromatic rings. The predicted octanol–water partition coefficient (Wildman–Crippen LogP) is 2.63. The quantitative estimate of drug-likeness (QED) is 0.773. The molecule has 4 nitrogen and oxygen atoms in total. The minimum Gasteiger partial charge on any atom is -0.461 e. The number of fused-ring (bicyclic) bond motifs is 3. The van der Waals surface area contributed by atoms with Crippen LogP contribution in [-0.2, 0) is 11.2 Å². The van der Waals surface area contributed by atoms with E-state index in [1.54, 1.807) is 6.92 Å². The molecule has 0 radical (unpaired) electrons. The van der Waals surface area contributed by atoms with Crippen molar-refractivity contribution in [1.29, 1.82) is 0 Å². The molecule has 4 heteroatoms. The fourth-order valence-corrected chi connectivity index (χ4v) is 2.46. The van der Waals surface area contributed by atoms with Crippen LogP contribution in [0.5, 0.6) is 0 Å². The van der Waals surface area contributed by atoms with Gasteiger partial charge in [-0.2, -0.15) is 0 Å². The molecule has 0 saturated heterocycles. The van der Waals surface area contributed by atoms with Gasteiger partial charge in [0.1, 0.15) is 11.3 Å². The summed E-state index contributed by atoms with van der Waals surface area (Å²) in [7, 11) is 0. The number of carbonyl (C=O) groups is 1. The Labute approximate surface area is 122 Å². The van der Waals surface area contributed by atoms with Crippen LogP contribution in [-0.4, -0.2) is 23.7 Å². The summed E-state index contributed by atoms with van der Waals surface area (Å²) >= 11 is 0. The Morgan fingerprint density at radius 2 is 2.05 bits per heavy atom. The van der Waals surface area contributed by atoms with Crippen molar-refractivity contribution in [2.45, 2.75) is 19.4 Å². The zero-order valence-electron chi connectivity index (χ0n) is 11.8. The van der Waals surface area contributed by atoms with Gasteiger partial charge in [0.15, 0.2) is 0 Å². The number of aliphatic hydroxyl groups is 1. The van der Waals surface area contributed by atoms with E-state index in [-0.39, 0.29) is 25.0 Å². The highest BCUT2D eigenvalue weighted by atomic mass is 16.3. The number of amides is 1. The molecule has 1 aromatic heterocycles. The Morgan fingerprint density at radius 3 is 2.86 bits per heavy atom. The topological polar surface area (TPSA) is 62.5 Å². The average Bonchev–Trinajstić information content (AvgIpc) is 2.89. The highest BCUT2D eigenvalue weighted by Crippen LogP contribution is 2.28. The second-order valence-electron chi connectivity index (χ2n) is 5.24. The first-order chi connectivity index (χ1) is 10.2. The van der Waals surface area contributed by atoms with Gasteiger partial charge in [0, 0.05) is 11.4 Å². The summed E-state index contributed by atoms with van der Waals surface area (Å²) in [6.45, 7) is 1.68. The number of hydrogen-bond acceptors (Lipinski definition) is 3. The molecule has 1 unspecified atom stereocenters. The molecule has 21 heavy (non-hydrogen) atoms. The number of carbonyl (C=O) groups excluding carboxylic acids is 1. The summed E-state index contributed by atoms with van der Waals surface area (Å²) in [5.41, 5.74) is 0.784. The summed E-state index contributed by atoms with van der Waals surface area (Å²) in [5.74, 6) is 0.476. The van der Waals surface area contributed by atoms with Crippen molar-refractivity contribution in [1.82, 2.24) is 5.32 Å². The van der Waals surface area contributed by atoms with E-state index in [1.807, 2.05) is 36.4 Å². The van der Waals surface area contributed by atoms with Crippen LogP contribution in [0.2, 0.25) is 0 Å². The summed E-state index contributed by atoms with van der Waals surface area (Å²) in [5, 5.41) is 14.9. The zero-order chi connectivity index (χ0) is 14.8. The van der Waals surface area contributed by atoms with Gasteiger partial charge in [-0.15, -0.1) is 0 Å². The van der Waals surface area contributed by atoms with Crippen LogP contribution < -0.4 is 5.32 Å². The third-order valence-corrected chi connectivity index (χ3v) is 3.49. The molecular formula is C17H17NO3. The highest BCUT2D eigenvalue weighted by molar-refractivity contribution is 6.06. The summed E-state index contributed by atoms with van der Waals surface area (Å²) in [4.78, 5) is 11.8. The first-order valence-electron chi connectivity index (χ1n) is 6.98. The Hall–Kier alpha value is -2.33. The molecule has 1 atom stereocenters. The van der Waals surface area contributed by atoms with E-state index in [9.17, 15) is 4.79 Å². The normalized spacial score (nSPS) is 12.7. The van der Waals surface area contributed by atoms with Crippen molar-refractivity contribution in [3.63, 3.8) is 0 Å². The van der Waals surface area contributed by atoms with Gasteiger partial charge >= 0.3 is 0 Å². The van der Waals surface area contributed by atoms with Crippen molar-refractivity contribution in [2.75, 3.05) is 6.61 Å². The van der Waals surface area contributed by atoms with E-state index in [0.29, 0.717) is 5.76 Å². The average molecular weight is 283 g/mol. The van der Waals surface area contributed by atoms with Crippen molar-refractivity contribution >= 4 is 27.6 Å². The molecule has 3 rings (SSSR count). The van der Waals surface area contributed by atoms with Gasteiger partial charge in [-0.3, -0.25) is 4.79 Å². The number of furan rings is 1. The minimum atomic E-state index is -0.247. The molecule has 0 aliphatic carbocycles. The molecule has 1 heterocycles. The van der Waals surface area contributed by atoms with Crippen molar-refractivity contribution in [3.8, 4) is 0 Å². The van der Waals surface area contributed by atoms with Crippen molar-refractivity contribution in [3.05, 3.63) is 48.2 Å². The first kappa shape index (κ1) is 13.6. The molecule has 2 aromatic carbocycles. The van der Waals surface area contributed by atoms with Gasteiger partial charge in [-0.25, -0.2) is 0 Å². The molecule has 1 amide bonds. The van der Waals surface area contributed by atoms with Crippen molar-refractivity contribution < 1.29 is 14.3 Å². The fourth-order valence-electron chi connectivity index (χ4n) is 2.46. The van der Waals surface area contributed by atoms with Crippen LogP contribution in [0.15, 0.2) is 46.9 Å². The second kappa shape index (κ2) is 5.58. The fraction of sp³-hybridized carbons (Fsp3) is 0.235. The van der Waals surface area contributed by atoms with Crippen LogP contribution in [0.25, 0.3) is 21.7 Å². The molecule has 0 fully saturated rings. The van der Waals surface area contributed by atoms with Crippen molar-refractivity contribution in [2.24, 2.45) is 0 Å². The number of nitrogens with one attached hydrogen (secondary N) is 1. The zero-order valence-corrected chi connectivity index (χ0v) is 11.8. The van der Waals surface area contributed by atoms with E-state index < -0.39 is 0 Å². The van der Waals surface area contributed by atoms with E-state index in [2.05, 4.69) is 11.4 Å². The van der Waals surface area contributed by atoms with Crippen LogP contribution in [0, 0.1) is 0 Å². The van der Waals surface area contributed by atoms with Gasteiger partial charge in [-0.1, -0.05) is 30.3 Å². The van der Waals surface area contributed by atoms with Crippen LogP contribution in [0.4, 0.5) is 0 Å². The van der Waals surface area contributed by atoms with Gasteiger partial charge in [0.2, 0.25) is 5.91 Å². The molecule has 0 aliphatic rings. The third kappa shape index (κ3) is 2.76. The maximum absolute atomic E-state index is 11.8. The molecule has 0 aliphatic heterocycles. The van der Waals surface area contributed by atoms with Gasteiger partial charge in [-0.05, 0) is 29.8 Å². The van der Waals surface area contributed by atoms with Crippen LogP contribution in [0.3, 0.4) is 0 Å². The van der Waals surface area contributed by atoms with E-state index in [4.69, 9.17) is 9.52 Å². The molecular weight excluding hydrogens is 266 g/mol. The largest absolute Gasteiger partial charge is 0.461 e. The summed E-state index contributed by atoms with van der Waals surface area (Å²) in [6.07, 6.45) is 0.174. The van der Waals surface area contributed by atoms with Crippen LogP contribution >= 0.6 is 0 Å². The van der Waals surface area contributed by atoms with Gasteiger partial charge < -0.3 is 14.8 Å². The van der Waals surface area contributed by atoms with E-state index in [1.165, 1.54) is 0 Å². The number of benzene rings is 2. The summed E-state index contributed by atoms with van der Waals surface area (Å²) < 4.78 is 5.74. The Balaban J connectivity index is 1.91. The Kier molecular flexibility index (Phi) is 3.62. The molecule has 0 saturated carbocycles. The Morgan fingerprint density at radius 1 is 1.24 bits per heavy atom. The number of hydrogen-bond donors (Lipinski definition) is 2. The SMILES string of the molecule is CC(CO)NC(=O)Cc1cc2c(ccc3ccccc32)o1. The monoisotopic (exact) mass is 283 g/mol. The lowest BCUT2D eigenvalue weighted by atomic mass is 10.1. The van der Waals surface area contributed by atoms with Gasteiger partial charge in [0.25, 0.3) is 0 Å². The smallest absolute Gasteiger partial charge is 0.227 e. The predicted molar refractivity (Wildman–Crippen MR) is 82.1 cm³/mol. The summed E-state index contributed by atoms with van der Waals surface area (Å²) in [6, 6.07) is 13.7. The second-order valence-corrected chi connectivity index (χ2v) is 5.24. The molecule has 108 valence electrons. The lowest BCUT2D eigenvalue weighted by Crippen LogP contribution is -2.35. The maximum Gasteiger partial charge on any atom is 0.227 e. The Bertz CT molecular complexity index is 791. The highest BCUT2D eigenvalue weighted by Gasteiger charge is 2.12. The molecule has 2 N–H and O–H groups in total. The number of rotatable bonds is 4. The van der Waals surface area contributed by atoms with Crippen LogP contribution in [0.1, 0.15) is 12.7 Å². The maximum atomic E-state index is 11.8. The standard InChI is InChI=1S/C17H17NO3/c1-11(10-19)18-17(20)9-13-8-15-14-5-3-2-4-12(14)6-7-16(15)21-13/h2-8,11,19H,9-10H2,1H3,(H,18,20). The minimum absolute atomic E-state index is 0.0729. The third-order valence-electron chi connectivity index (χ3n) is 3.49.